The Hall–Kier alpha value is -1.87. The van der Waals surface area contributed by atoms with Crippen LogP contribution < -0.4 is 4.74 Å². The zero-order valence-electron chi connectivity index (χ0n) is 15.2. The van der Waals surface area contributed by atoms with Crippen molar-refractivity contribution in [2.75, 3.05) is 12.4 Å². The number of ketones is 1. The van der Waals surface area contributed by atoms with Crippen molar-refractivity contribution in [3.05, 3.63) is 29.8 Å². The van der Waals surface area contributed by atoms with Crippen molar-refractivity contribution in [2.24, 2.45) is 0 Å². The Balaban J connectivity index is 2.33. The van der Waals surface area contributed by atoms with Crippen LogP contribution in [0.15, 0.2) is 24.3 Å². The van der Waals surface area contributed by atoms with E-state index in [1.54, 1.807) is 39.0 Å². The molecule has 5 nitrogen and oxygen atoms in total. The van der Waals surface area contributed by atoms with Crippen molar-refractivity contribution >= 4 is 15.6 Å². The van der Waals surface area contributed by atoms with E-state index in [2.05, 4.69) is 0 Å². The molecule has 0 heterocycles. The Kier molecular flexibility index (Phi) is 8.11. The molecular formula is C19H27NO4S. The molecular weight excluding hydrogens is 338 g/mol. The van der Waals surface area contributed by atoms with E-state index in [0.717, 1.165) is 12.0 Å². The normalized spacial score (nSPS) is 11.8. The average Bonchev–Trinajstić information content (AvgIpc) is 2.51. The van der Waals surface area contributed by atoms with E-state index < -0.39 is 14.6 Å². The van der Waals surface area contributed by atoms with Crippen LogP contribution in [-0.4, -0.2) is 31.3 Å². The minimum Gasteiger partial charge on any atom is -0.479 e. The van der Waals surface area contributed by atoms with Crippen LogP contribution >= 0.6 is 0 Å². The van der Waals surface area contributed by atoms with Gasteiger partial charge in [0, 0.05) is 12.8 Å². The molecule has 0 fully saturated rings. The van der Waals surface area contributed by atoms with Gasteiger partial charge in [-0.3, -0.25) is 4.79 Å². The number of nitriles is 1. The standard InChI is InChI=1S/C19H27NO4S/c1-19(2,3)25(22,23)13-6-4-5-9-17(21)14-16-8-7-10-18(15-16)24-12-11-20/h7-8,10,15H,4-6,9,12-14H2,1-3H3. The van der Waals surface area contributed by atoms with Gasteiger partial charge in [-0.25, -0.2) is 8.42 Å². The lowest BCUT2D eigenvalue weighted by molar-refractivity contribution is -0.118. The molecule has 0 aliphatic carbocycles. The summed E-state index contributed by atoms with van der Waals surface area (Å²) >= 11 is 0. The number of Topliss-reactive ketones (excluding diaryl/α,β-unsaturated/α-hetero) is 1. The zero-order valence-corrected chi connectivity index (χ0v) is 16.1. The van der Waals surface area contributed by atoms with E-state index in [1.165, 1.54) is 0 Å². The highest BCUT2D eigenvalue weighted by Crippen LogP contribution is 2.18. The van der Waals surface area contributed by atoms with Crippen LogP contribution in [0.25, 0.3) is 0 Å². The lowest BCUT2D eigenvalue weighted by Gasteiger charge is -2.18. The molecule has 0 aromatic heterocycles. The molecule has 0 radical (unpaired) electrons. The number of sulfone groups is 1. The fraction of sp³-hybridized carbons (Fsp3) is 0.579. The predicted molar refractivity (Wildman–Crippen MR) is 98.3 cm³/mol. The lowest BCUT2D eigenvalue weighted by Crippen LogP contribution is -2.30. The molecule has 0 saturated heterocycles. The summed E-state index contributed by atoms with van der Waals surface area (Å²) in [6.07, 6.45) is 2.78. The molecule has 0 aliphatic rings. The molecule has 0 atom stereocenters. The molecule has 0 unspecified atom stereocenters. The zero-order chi connectivity index (χ0) is 18.9. The Morgan fingerprint density at radius 2 is 1.92 bits per heavy atom. The fourth-order valence-electron chi connectivity index (χ4n) is 2.27. The summed E-state index contributed by atoms with van der Waals surface area (Å²) in [6, 6.07) is 9.08. The molecule has 6 heteroatoms. The van der Waals surface area contributed by atoms with Crippen LogP contribution in [0.4, 0.5) is 0 Å². The molecule has 0 amide bonds. The predicted octanol–water partition coefficient (Wildman–Crippen LogP) is 3.47. The summed E-state index contributed by atoms with van der Waals surface area (Å²) in [6.45, 7) is 5.11. The number of carbonyl (C=O) groups is 1. The highest BCUT2D eigenvalue weighted by Gasteiger charge is 2.27. The van der Waals surface area contributed by atoms with Gasteiger partial charge in [0.1, 0.15) is 17.6 Å². The largest absolute Gasteiger partial charge is 0.479 e. The molecule has 0 saturated carbocycles. The van der Waals surface area contributed by atoms with Crippen molar-refractivity contribution in [1.29, 1.82) is 5.26 Å². The number of unbranched alkanes of at least 4 members (excludes halogenated alkanes) is 2. The minimum atomic E-state index is -3.08. The summed E-state index contributed by atoms with van der Waals surface area (Å²) in [7, 11) is -3.08. The van der Waals surface area contributed by atoms with E-state index in [-0.39, 0.29) is 18.1 Å². The van der Waals surface area contributed by atoms with Crippen LogP contribution in [0.5, 0.6) is 5.75 Å². The summed E-state index contributed by atoms with van der Waals surface area (Å²) < 4.78 is 28.5. The Labute approximate surface area is 150 Å². The fourth-order valence-corrected chi connectivity index (χ4v) is 3.47. The molecule has 0 spiro atoms. The summed E-state index contributed by atoms with van der Waals surface area (Å²) in [4.78, 5) is 12.0. The average molecular weight is 365 g/mol. The molecule has 138 valence electrons. The van der Waals surface area contributed by atoms with Crippen molar-refractivity contribution in [1.82, 2.24) is 0 Å². The van der Waals surface area contributed by atoms with Crippen molar-refractivity contribution < 1.29 is 17.9 Å². The molecule has 0 aliphatic heterocycles. The van der Waals surface area contributed by atoms with Gasteiger partial charge in [-0.05, 0) is 51.3 Å². The maximum Gasteiger partial charge on any atom is 0.174 e. The Morgan fingerprint density at radius 3 is 2.56 bits per heavy atom. The van der Waals surface area contributed by atoms with E-state index >= 15 is 0 Å². The number of carbonyl (C=O) groups excluding carboxylic acids is 1. The number of ether oxygens (including phenoxy) is 1. The van der Waals surface area contributed by atoms with Crippen molar-refractivity contribution in [2.45, 2.75) is 57.6 Å². The first-order valence-electron chi connectivity index (χ1n) is 8.48. The molecule has 25 heavy (non-hydrogen) atoms. The third kappa shape index (κ3) is 7.70. The number of benzene rings is 1. The Morgan fingerprint density at radius 1 is 1.20 bits per heavy atom. The first-order valence-corrected chi connectivity index (χ1v) is 10.1. The van der Waals surface area contributed by atoms with Gasteiger partial charge in [0.15, 0.2) is 16.4 Å². The van der Waals surface area contributed by atoms with Crippen LogP contribution in [0, 0.1) is 11.3 Å². The van der Waals surface area contributed by atoms with E-state index in [4.69, 9.17) is 10.00 Å². The number of hydrogen-bond donors (Lipinski definition) is 0. The number of hydrogen-bond acceptors (Lipinski definition) is 5. The highest BCUT2D eigenvalue weighted by atomic mass is 32.2. The van der Waals surface area contributed by atoms with Gasteiger partial charge < -0.3 is 4.74 Å². The first kappa shape index (κ1) is 21.2. The van der Waals surface area contributed by atoms with Crippen LogP contribution in [0.3, 0.4) is 0 Å². The number of rotatable bonds is 10. The minimum absolute atomic E-state index is 0.0190. The highest BCUT2D eigenvalue weighted by molar-refractivity contribution is 7.92. The smallest absolute Gasteiger partial charge is 0.174 e. The Bertz CT molecular complexity index is 712. The molecule has 1 aromatic carbocycles. The lowest BCUT2D eigenvalue weighted by atomic mass is 10.0. The first-order chi connectivity index (χ1) is 11.7. The molecule has 1 aromatic rings. The molecule has 1 rings (SSSR count). The summed E-state index contributed by atoms with van der Waals surface area (Å²) in [5.41, 5.74) is 0.857. The maximum atomic E-state index is 12.0. The summed E-state index contributed by atoms with van der Waals surface area (Å²) in [5, 5.41) is 8.51. The van der Waals surface area contributed by atoms with Crippen LogP contribution in [0.1, 0.15) is 52.0 Å². The SMILES string of the molecule is CC(C)(C)S(=O)(=O)CCCCCC(=O)Cc1cccc(OCC#N)c1. The topological polar surface area (TPSA) is 84.2 Å². The second-order valence-electron chi connectivity index (χ2n) is 7.05. The second-order valence-corrected chi connectivity index (χ2v) is 9.91. The van der Waals surface area contributed by atoms with E-state index in [9.17, 15) is 13.2 Å². The van der Waals surface area contributed by atoms with Gasteiger partial charge in [-0.2, -0.15) is 5.26 Å². The monoisotopic (exact) mass is 365 g/mol. The molecule has 0 bridgehead atoms. The third-order valence-corrected chi connectivity index (χ3v) is 6.60. The van der Waals surface area contributed by atoms with Gasteiger partial charge in [0.05, 0.1) is 10.5 Å². The maximum absolute atomic E-state index is 12.0. The second kappa shape index (κ2) is 9.57. The van der Waals surface area contributed by atoms with E-state index in [1.807, 2.05) is 12.1 Å². The van der Waals surface area contributed by atoms with Gasteiger partial charge in [0.2, 0.25) is 0 Å². The van der Waals surface area contributed by atoms with Crippen LogP contribution in [0.2, 0.25) is 0 Å². The van der Waals surface area contributed by atoms with Gasteiger partial charge >= 0.3 is 0 Å². The molecule has 0 N–H and O–H groups in total. The van der Waals surface area contributed by atoms with Gasteiger partial charge in [-0.1, -0.05) is 18.6 Å². The quantitative estimate of drug-likeness (QED) is 0.593. The number of nitrogens with zero attached hydrogens (tertiary/aromatic N) is 1. The van der Waals surface area contributed by atoms with Gasteiger partial charge in [-0.15, -0.1) is 0 Å². The van der Waals surface area contributed by atoms with Crippen LogP contribution in [-0.2, 0) is 21.1 Å². The van der Waals surface area contributed by atoms with Crippen molar-refractivity contribution in [3.8, 4) is 11.8 Å². The third-order valence-electron chi connectivity index (χ3n) is 3.90. The van der Waals surface area contributed by atoms with E-state index in [0.29, 0.717) is 31.4 Å². The van der Waals surface area contributed by atoms with Crippen molar-refractivity contribution in [3.63, 3.8) is 0 Å². The summed E-state index contributed by atoms with van der Waals surface area (Å²) in [5.74, 6) is 0.874. The van der Waals surface area contributed by atoms with Gasteiger partial charge in [0.25, 0.3) is 0 Å².